The van der Waals surface area contributed by atoms with E-state index in [-0.39, 0.29) is 23.3 Å². The molecule has 3 aromatic rings. The molecule has 1 amide bonds. The van der Waals surface area contributed by atoms with E-state index in [1.54, 1.807) is 61.5 Å². The number of aryl methyl sites for hydroxylation is 1. The third kappa shape index (κ3) is 4.80. The molecule has 0 saturated carbocycles. The molecule has 0 unspecified atom stereocenters. The predicted molar refractivity (Wildman–Crippen MR) is 126 cm³/mol. The van der Waals surface area contributed by atoms with Crippen LogP contribution in [-0.2, 0) is 10.0 Å². The third-order valence-electron chi connectivity index (χ3n) is 5.20. The van der Waals surface area contributed by atoms with Gasteiger partial charge in [0.05, 0.1) is 10.6 Å². The Balaban J connectivity index is 1.85. The predicted octanol–water partition coefficient (Wildman–Crippen LogP) is 5.59. The fourth-order valence-corrected chi connectivity index (χ4v) is 5.01. The molecule has 31 heavy (non-hydrogen) atoms. The number of benzene rings is 3. The van der Waals surface area contributed by atoms with Gasteiger partial charge in [-0.1, -0.05) is 50.2 Å². The third-order valence-corrected chi connectivity index (χ3v) is 7.12. The van der Waals surface area contributed by atoms with E-state index in [1.807, 2.05) is 25.1 Å². The monoisotopic (exact) mass is 436 g/mol. The fourth-order valence-electron chi connectivity index (χ4n) is 3.52. The largest absolute Gasteiger partial charge is 0.321 e. The highest BCUT2D eigenvalue weighted by atomic mass is 32.2. The Kier molecular flexibility index (Phi) is 6.81. The minimum absolute atomic E-state index is 0.225. The average Bonchev–Trinajstić information content (AvgIpc) is 2.76. The highest BCUT2D eigenvalue weighted by molar-refractivity contribution is 7.92. The van der Waals surface area contributed by atoms with Gasteiger partial charge in [0.1, 0.15) is 0 Å². The SMILES string of the molecule is CCN(c1ccc(C(=O)Nc2c(C)cccc2C(C)C)cc1)S(=O)(=O)c1ccccc1. The molecule has 0 saturated heterocycles. The van der Waals surface area contributed by atoms with Crippen molar-refractivity contribution in [2.75, 3.05) is 16.2 Å². The maximum absolute atomic E-state index is 13.0. The van der Waals surface area contributed by atoms with E-state index >= 15 is 0 Å². The number of carbonyl (C=O) groups is 1. The van der Waals surface area contributed by atoms with E-state index < -0.39 is 10.0 Å². The lowest BCUT2D eigenvalue weighted by Gasteiger charge is -2.23. The highest BCUT2D eigenvalue weighted by Crippen LogP contribution is 2.28. The Bertz CT molecular complexity index is 1160. The van der Waals surface area contributed by atoms with Crippen LogP contribution in [0.25, 0.3) is 0 Å². The van der Waals surface area contributed by atoms with Gasteiger partial charge in [0, 0.05) is 17.8 Å². The van der Waals surface area contributed by atoms with E-state index in [1.165, 1.54) is 4.31 Å². The van der Waals surface area contributed by atoms with Gasteiger partial charge in [0.25, 0.3) is 15.9 Å². The van der Waals surface area contributed by atoms with Crippen molar-refractivity contribution < 1.29 is 13.2 Å². The van der Waals surface area contributed by atoms with Gasteiger partial charge in [0.15, 0.2) is 0 Å². The average molecular weight is 437 g/mol. The number of rotatable bonds is 7. The standard InChI is InChI=1S/C25H28N2O3S/c1-5-27(31(29,30)22-11-7-6-8-12-22)21-16-14-20(15-17-21)25(28)26-24-19(4)10-9-13-23(24)18(2)3/h6-18H,5H2,1-4H3,(H,26,28). The molecule has 0 bridgehead atoms. The zero-order valence-electron chi connectivity index (χ0n) is 18.3. The Morgan fingerprint density at radius 2 is 1.58 bits per heavy atom. The van der Waals surface area contributed by atoms with Crippen molar-refractivity contribution in [3.8, 4) is 0 Å². The van der Waals surface area contributed by atoms with Gasteiger partial charge < -0.3 is 5.32 Å². The van der Waals surface area contributed by atoms with Gasteiger partial charge in [-0.2, -0.15) is 0 Å². The van der Waals surface area contributed by atoms with Crippen LogP contribution in [0.15, 0.2) is 77.7 Å². The number of hydrogen-bond acceptors (Lipinski definition) is 3. The van der Waals surface area contributed by atoms with Crippen molar-refractivity contribution in [1.82, 2.24) is 0 Å². The Morgan fingerprint density at radius 3 is 2.16 bits per heavy atom. The van der Waals surface area contributed by atoms with Crippen molar-refractivity contribution >= 4 is 27.3 Å². The van der Waals surface area contributed by atoms with E-state index in [4.69, 9.17) is 0 Å². The van der Waals surface area contributed by atoms with Crippen LogP contribution < -0.4 is 9.62 Å². The summed E-state index contributed by atoms with van der Waals surface area (Å²) in [6.45, 7) is 8.21. The van der Waals surface area contributed by atoms with Gasteiger partial charge in [-0.25, -0.2) is 8.42 Å². The lowest BCUT2D eigenvalue weighted by molar-refractivity contribution is 0.102. The molecule has 0 heterocycles. The molecular weight excluding hydrogens is 408 g/mol. The van der Waals surface area contributed by atoms with Gasteiger partial charge in [-0.15, -0.1) is 0 Å². The lowest BCUT2D eigenvalue weighted by Crippen LogP contribution is -2.30. The summed E-state index contributed by atoms with van der Waals surface area (Å²) in [5.41, 5.74) is 3.89. The molecule has 162 valence electrons. The summed E-state index contributed by atoms with van der Waals surface area (Å²) in [5.74, 6) is 0.0515. The fraction of sp³-hybridized carbons (Fsp3) is 0.240. The molecule has 0 aliphatic heterocycles. The number of nitrogens with one attached hydrogen (secondary N) is 1. The molecule has 5 nitrogen and oxygen atoms in total. The minimum Gasteiger partial charge on any atom is -0.321 e. The van der Waals surface area contributed by atoms with Crippen molar-refractivity contribution in [2.45, 2.75) is 38.5 Å². The second-order valence-electron chi connectivity index (χ2n) is 7.68. The first-order chi connectivity index (χ1) is 14.8. The first-order valence-electron chi connectivity index (χ1n) is 10.3. The van der Waals surface area contributed by atoms with E-state index in [0.717, 1.165) is 16.8 Å². The Morgan fingerprint density at radius 1 is 0.935 bits per heavy atom. The summed E-state index contributed by atoms with van der Waals surface area (Å²) < 4.78 is 27.4. The normalized spacial score (nSPS) is 11.4. The molecule has 0 aromatic heterocycles. The number of para-hydroxylation sites is 1. The molecule has 0 aliphatic carbocycles. The molecule has 0 radical (unpaired) electrons. The van der Waals surface area contributed by atoms with Gasteiger partial charge in [0.2, 0.25) is 0 Å². The van der Waals surface area contributed by atoms with Crippen molar-refractivity contribution in [2.24, 2.45) is 0 Å². The van der Waals surface area contributed by atoms with Gasteiger partial charge in [-0.3, -0.25) is 9.10 Å². The number of nitrogens with zero attached hydrogens (tertiary/aromatic N) is 1. The van der Waals surface area contributed by atoms with Crippen LogP contribution >= 0.6 is 0 Å². The summed E-state index contributed by atoms with van der Waals surface area (Å²) in [6, 6.07) is 21.0. The summed E-state index contributed by atoms with van der Waals surface area (Å²) in [4.78, 5) is 13.1. The van der Waals surface area contributed by atoms with Crippen LogP contribution in [0.4, 0.5) is 11.4 Å². The quantitative estimate of drug-likeness (QED) is 0.525. The zero-order chi connectivity index (χ0) is 22.6. The number of carbonyl (C=O) groups excluding carboxylic acids is 1. The van der Waals surface area contributed by atoms with Crippen molar-refractivity contribution in [3.05, 3.63) is 89.5 Å². The molecule has 0 spiro atoms. The number of anilines is 2. The smallest absolute Gasteiger partial charge is 0.264 e. The van der Waals surface area contributed by atoms with E-state index in [0.29, 0.717) is 11.3 Å². The Labute approximate surface area is 184 Å². The zero-order valence-corrected chi connectivity index (χ0v) is 19.1. The summed E-state index contributed by atoms with van der Waals surface area (Å²) in [5, 5.41) is 3.02. The van der Waals surface area contributed by atoms with E-state index in [9.17, 15) is 13.2 Å². The molecular formula is C25H28N2O3S. The van der Waals surface area contributed by atoms with Crippen molar-refractivity contribution in [3.63, 3.8) is 0 Å². The van der Waals surface area contributed by atoms with Gasteiger partial charge in [-0.05, 0) is 67.3 Å². The maximum Gasteiger partial charge on any atom is 0.264 e. The molecule has 3 rings (SSSR count). The summed E-state index contributed by atoms with van der Waals surface area (Å²) >= 11 is 0. The highest BCUT2D eigenvalue weighted by Gasteiger charge is 2.23. The number of hydrogen-bond donors (Lipinski definition) is 1. The molecule has 0 atom stereocenters. The maximum atomic E-state index is 13.0. The summed E-state index contributed by atoms with van der Waals surface area (Å²) in [7, 11) is -3.67. The second-order valence-corrected chi connectivity index (χ2v) is 9.54. The van der Waals surface area contributed by atoms with Crippen LogP contribution in [0.2, 0.25) is 0 Å². The van der Waals surface area contributed by atoms with Crippen LogP contribution in [0.3, 0.4) is 0 Å². The van der Waals surface area contributed by atoms with Gasteiger partial charge >= 0.3 is 0 Å². The first kappa shape index (κ1) is 22.6. The lowest BCUT2D eigenvalue weighted by atomic mass is 9.98. The van der Waals surface area contributed by atoms with Crippen LogP contribution in [0.5, 0.6) is 0 Å². The molecule has 3 aromatic carbocycles. The van der Waals surface area contributed by atoms with Crippen LogP contribution in [0.1, 0.15) is 48.2 Å². The van der Waals surface area contributed by atoms with Crippen LogP contribution in [-0.4, -0.2) is 20.9 Å². The molecule has 6 heteroatoms. The van der Waals surface area contributed by atoms with Crippen LogP contribution in [0, 0.1) is 6.92 Å². The second kappa shape index (κ2) is 9.35. The molecule has 0 fully saturated rings. The molecule has 0 aliphatic rings. The molecule has 1 N–H and O–H groups in total. The topological polar surface area (TPSA) is 66.5 Å². The van der Waals surface area contributed by atoms with E-state index in [2.05, 4.69) is 19.2 Å². The van der Waals surface area contributed by atoms with Crippen molar-refractivity contribution in [1.29, 1.82) is 0 Å². The number of sulfonamides is 1. The minimum atomic E-state index is -3.67. The number of amides is 1. The first-order valence-corrected chi connectivity index (χ1v) is 11.8. The summed E-state index contributed by atoms with van der Waals surface area (Å²) in [6.07, 6.45) is 0. The Hall–Kier alpha value is -3.12.